The first-order valence-electron chi connectivity index (χ1n) is 24.2. The highest BCUT2D eigenvalue weighted by Crippen LogP contribution is 2.49. The Balaban J connectivity index is 0.954. The Morgan fingerprint density at radius 1 is 0.268 bits per heavy atom. The molecule has 0 saturated heterocycles. The van der Waals surface area contributed by atoms with Crippen molar-refractivity contribution in [3.05, 3.63) is 249 Å². The third kappa shape index (κ3) is 6.27. The summed E-state index contributed by atoms with van der Waals surface area (Å²) >= 11 is 3.75. The summed E-state index contributed by atoms with van der Waals surface area (Å²) < 4.78 is 7.65. The van der Waals surface area contributed by atoms with Crippen LogP contribution in [0, 0.1) is 0 Å². The number of nitrogens with zero attached hydrogens (tertiary/aromatic N) is 3. The van der Waals surface area contributed by atoms with E-state index in [0.717, 1.165) is 39.6 Å². The molecule has 0 radical (unpaired) electrons. The van der Waals surface area contributed by atoms with Crippen LogP contribution in [0.1, 0.15) is 0 Å². The summed E-state index contributed by atoms with van der Waals surface area (Å²) in [4.78, 5) is 4.91. The normalized spacial score (nSPS) is 11.9. The molecule has 0 aliphatic carbocycles. The van der Waals surface area contributed by atoms with Gasteiger partial charge in [0.05, 0.1) is 22.4 Å². The fourth-order valence-electron chi connectivity index (χ4n) is 11.4. The predicted molar refractivity (Wildman–Crippen MR) is 308 cm³/mol. The second-order valence-electron chi connectivity index (χ2n) is 18.4. The van der Waals surface area contributed by atoms with Crippen molar-refractivity contribution in [1.82, 2.24) is 4.57 Å². The predicted octanol–water partition coefficient (Wildman–Crippen LogP) is 19.9. The van der Waals surface area contributed by atoms with Crippen molar-refractivity contribution in [3.63, 3.8) is 0 Å². The number of aromatic nitrogens is 1. The monoisotopic (exact) mass is 939 g/mol. The first kappa shape index (κ1) is 40.2. The van der Waals surface area contributed by atoms with Crippen LogP contribution in [-0.2, 0) is 0 Å². The van der Waals surface area contributed by atoms with Gasteiger partial charge >= 0.3 is 0 Å². The standard InChI is InChI=1S/C66H41N3S2/c1-4-18-44(19-5-1)67(59-40-63-65(52-26-12-10-24-49(52)59)54-28-14-16-30-61(54)70-63)47-33-32-42-37-56-51-35-34-48(39-58(51)69(46-22-8-3-9-23-46)57(56)38-43(42)36-47)68(45-20-6-2-7-21-45)60-41-64-66(53-27-13-11-25-50(53)60)55-29-15-17-31-62(55)71-64/h1-41H. The second kappa shape index (κ2) is 15.9. The van der Waals surface area contributed by atoms with Gasteiger partial charge in [-0.25, -0.2) is 0 Å². The number of hydrogen-bond donors (Lipinski definition) is 0. The average molecular weight is 940 g/mol. The van der Waals surface area contributed by atoms with Crippen LogP contribution in [0.4, 0.5) is 34.1 Å². The van der Waals surface area contributed by atoms with Gasteiger partial charge in [0.15, 0.2) is 0 Å². The Morgan fingerprint density at radius 2 is 0.718 bits per heavy atom. The van der Waals surface area contributed by atoms with E-state index in [4.69, 9.17) is 0 Å². The van der Waals surface area contributed by atoms with Gasteiger partial charge in [0.2, 0.25) is 0 Å². The van der Waals surface area contributed by atoms with Gasteiger partial charge in [-0.05, 0) is 119 Å². The maximum atomic E-state index is 2.47. The molecule has 0 unspecified atom stereocenters. The highest BCUT2D eigenvalue weighted by molar-refractivity contribution is 7.26. The van der Waals surface area contributed by atoms with Gasteiger partial charge in [-0.15, -0.1) is 22.7 Å². The Labute approximate surface area is 417 Å². The van der Waals surface area contributed by atoms with Gasteiger partial charge in [0.25, 0.3) is 0 Å². The molecule has 332 valence electrons. The number of fused-ring (bicyclic) bond motifs is 14. The number of anilines is 6. The number of para-hydroxylation sites is 3. The number of thiophene rings is 2. The van der Waals surface area contributed by atoms with Crippen LogP contribution in [0.5, 0.6) is 0 Å². The first-order valence-corrected chi connectivity index (χ1v) is 25.8. The van der Waals surface area contributed by atoms with Gasteiger partial charge in [-0.1, -0.05) is 152 Å². The fourth-order valence-corrected chi connectivity index (χ4v) is 13.7. The molecule has 5 heteroatoms. The highest BCUT2D eigenvalue weighted by atomic mass is 32.1. The molecule has 3 nitrogen and oxygen atoms in total. The quantitative estimate of drug-likeness (QED) is 0.158. The fraction of sp³-hybridized carbons (Fsp3) is 0. The van der Waals surface area contributed by atoms with Gasteiger partial charge in [-0.2, -0.15) is 0 Å². The average Bonchev–Trinajstić information content (AvgIpc) is 4.10. The van der Waals surface area contributed by atoms with Crippen LogP contribution < -0.4 is 9.80 Å². The summed E-state index contributed by atoms with van der Waals surface area (Å²) in [5.41, 5.74) is 10.2. The summed E-state index contributed by atoms with van der Waals surface area (Å²) in [7, 11) is 0. The van der Waals surface area contributed by atoms with Crippen LogP contribution in [0.3, 0.4) is 0 Å². The van der Waals surface area contributed by atoms with Crippen LogP contribution >= 0.6 is 22.7 Å². The van der Waals surface area contributed by atoms with Crippen LogP contribution in [0.2, 0.25) is 0 Å². The lowest BCUT2D eigenvalue weighted by atomic mass is 10.00. The zero-order valence-electron chi connectivity index (χ0n) is 38.3. The van der Waals surface area contributed by atoms with Crippen molar-refractivity contribution in [2.45, 2.75) is 0 Å². The first-order chi connectivity index (χ1) is 35.2. The van der Waals surface area contributed by atoms with Crippen LogP contribution in [0.25, 0.3) is 100 Å². The van der Waals surface area contributed by atoms with Crippen molar-refractivity contribution in [1.29, 1.82) is 0 Å². The van der Waals surface area contributed by atoms with E-state index in [1.54, 1.807) is 0 Å². The van der Waals surface area contributed by atoms with Crippen molar-refractivity contribution in [2.75, 3.05) is 9.80 Å². The van der Waals surface area contributed by atoms with E-state index >= 15 is 0 Å². The molecule has 0 aliphatic heterocycles. The summed E-state index contributed by atoms with van der Waals surface area (Å²) in [5.74, 6) is 0. The molecule has 0 aliphatic rings. The molecule has 0 bridgehead atoms. The van der Waals surface area contributed by atoms with E-state index in [2.05, 4.69) is 263 Å². The molecule has 15 rings (SSSR count). The van der Waals surface area contributed by atoms with Gasteiger partial charge < -0.3 is 14.4 Å². The summed E-state index contributed by atoms with van der Waals surface area (Å²) in [6.07, 6.45) is 0. The third-order valence-electron chi connectivity index (χ3n) is 14.5. The largest absolute Gasteiger partial charge is 0.310 e. The summed E-state index contributed by atoms with van der Waals surface area (Å²) in [6.45, 7) is 0. The van der Waals surface area contributed by atoms with E-state index in [1.165, 1.54) is 94.6 Å². The van der Waals surface area contributed by atoms with Crippen molar-refractivity contribution >= 4 is 151 Å². The molecule has 0 spiro atoms. The van der Waals surface area contributed by atoms with Gasteiger partial charge in [0.1, 0.15) is 0 Å². The van der Waals surface area contributed by atoms with Crippen LogP contribution in [0.15, 0.2) is 249 Å². The molecule has 0 fully saturated rings. The molecule has 15 aromatic rings. The molecule has 3 aromatic heterocycles. The molecule has 0 N–H and O–H groups in total. The van der Waals surface area contributed by atoms with Gasteiger partial charge in [0, 0.05) is 90.3 Å². The molecule has 12 aromatic carbocycles. The minimum absolute atomic E-state index is 1.10. The SMILES string of the molecule is c1ccc(N(c2ccc3cc4c5ccc(N(c6ccccc6)c6cc7sc8ccccc8c7c7ccccc67)cc5n(-c5ccccc5)c4cc3c2)c2cc3sc4ccccc4c3c3ccccc23)cc1. The zero-order valence-corrected chi connectivity index (χ0v) is 40.0. The highest BCUT2D eigenvalue weighted by Gasteiger charge is 2.24. The van der Waals surface area contributed by atoms with Crippen LogP contribution in [-0.4, -0.2) is 4.57 Å². The Hall–Kier alpha value is -8.74. The minimum atomic E-state index is 1.10. The number of benzene rings is 12. The van der Waals surface area contributed by atoms with E-state index in [-0.39, 0.29) is 0 Å². The van der Waals surface area contributed by atoms with Crippen molar-refractivity contribution in [3.8, 4) is 5.69 Å². The summed E-state index contributed by atoms with van der Waals surface area (Å²) in [5, 5.41) is 15.1. The zero-order chi connectivity index (χ0) is 46.6. The summed E-state index contributed by atoms with van der Waals surface area (Å²) in [6, 6.07) is 91.7. The molecule has 0 atom stereocenters. The lowest BCUT2D eigenvalue weighted by Crippen LogP contribution is -2.10. The molecule has 3 heterocycles. The van der Waals surface area contributed by atoms with Gasteiger partial charge in [-0.3, -0.25) is 0 Å². The minimum Gasteiger partial charge on any atom is -0.310 e. The van der Waals surface area contributed by atoms with Crippen molar-refractivity contribution < 1.29 is 0 Å². The topological polar surface area (TPSA) is 11.4 Å². The number of rotatable bonds is 7. The lowest BCUT2D eigenvalue weighted by Gasteiger charge is -2.27. The number of hydrogen-bond acceptors (Lipinski definition) is 4. The maximum Gasteiger partial charge on any atom is 0.0561 e. The molecule has 0 amide bonds. The lowest BCUT2D eigenvalue weighted by molar-refractivity contribution is 1.18. The Kier molecular flexibility index (Phi) is 9.00. The van der Waals surface area contributed by atoms with E-state index in [1.807, 2.05) is 22.7 Å². The van der Waals surface area contributed by atoms with E-state index in [9.17, 15) is 0 Å². The molecular formula is C66H41N3S2. The molecule has 71 heavy (non-hydrogen) atoms. The van der Waals surface area contributed by atoms with E-state index in [0.29, 0.717) is 0 Å². The Bertz CT molecular complexity index is 4590. The second-order valence-corrected chi connectivity index (χ2v) is 20.6. The smallest absolute Gasteiger partial charge is 0.0561 e. The molecule has 0 saturated carbocycles. The third-order valence-corrected chi connectivity index (χ3v) is 16.7. The van der Waals surface area contributed by atoms with Crippen molar-refractivity contribution in [2.24, 2.45) is 0 Å². The Morgan fingerprint density at radius 3 is 1.28 bits per heavy atom. The van der Waals surface area contributed by atoms with E-state index < -0.39 is 0 Å². The molecular weight excluding hydrogens is 899 g/mol. The maximum absolute atomic E-state index is 2.47.